The van der Waals surface area contributed by atoms with E-state index in [1.165, 1.54) is 36.8 Å². The van der Waals surface area contributed by atoms with E-state index in [4.69, 9.17) is 4.99 Å². The summed E-state index contributed by atoms with van der Waals surface area (Å²) in [4.78, 5) is 7.08. The quantitative estimate of drug-likeness (QED) is 0.382. The van der Waals surface area contributed by atoms with Gasteiger partial charge in [-0.2, -0.15) is 0 Å². The van der Waals surface area contributed by atoms with Crippen molar-refractivity contribution in [2.24, 2.45) is 4.99 Å². The van der Waals surface area contributed by atoms with Crippen LogP contribution in [0.25, 0.3) is 0 Å². The fourth-order valence-corrected chi connectivity index (χ4v) is 3.00. The van der Waals surface area contributed by atoms with Crippen molar-refractivity contribution in [3.8, 4) is 0 Å². The molecule has 5 heteroatoms. The van der Waals surface area contributed by atoms with E-state index in [-0.39, 0.29) is 24.0 Å². The van der Waals surface area contributed by atoms with Crippen LogP contribution in [0.2, 0.25) is 0 Å². The van der Waals surface area contributed by atoms with Gasteiger partial charge in [0.1, 0.15) is 0 Å². The van der Waals surface area contributed by atoms with Crippen molar-refractivity contribution in [1.29, 1.82) is 0 Å². The normalized spacial score (nSPS) is 15.4. The first kappa shape index (κ1) is 21.2. The highest BCUT2D eigenvalue weighted by atomic mass is 127. The molecule has 0 saturated heterocycles. The average Bonchev–Trinajstić information content (AvgIpc) is 3.06. The Bertz CT molecular complexity index is 498. The SMILES string of the molecule is CCNC(=NCc1cccc(CN(C)CC)c1)NC1CCCC1.I. The molecule has 0 aliphatic heterocycles. The number of hydrogen-bond acceptors (Lipinski definition) is 2. The number of aliphatic imine (C=N–C) groups is 1. The number of halogens is 1. The lowest BCUT2D eigenvalue weighted by Crippen LogP contribution is -2.42. The van der Waals surface area contributed by atoms with Gasteiger partial charge in [0.05, 0.1) is 6.54 Å². The van der Waals surface area contributed by atoms with E-state index in [1.54, 1.807) is 0 Å². The minimum Gasteiger partial charge on any atom is -0.357 e. The highest BCUT2D eigenvalue weighted by Crippen LogP contribution is 2.17. The van der Waals surface area contributed by atoms with Gasteiger partial charge in [-0.3, -0.25) is 0 Å². The Morgan fingerprint density at radius 2 is 1.92 bits per heavy atom. The van der Waals surface area contributed by atoms with Gasteiger partial charge in [0.25, 0.3) is 0 Å². The van der Waals surface area contributed by atoms with E-state index in [0.29, 0.717) is 6.04 Å². The van der Waals surface area contributed by atoms with Crippen LogP contribution in [0.4, 0.5) is 0 Å². The molecule has 0 radical (unpaired) electrons. The molecule has 1 fully saturated rings. The maximum Gasteiger partial charge on any atom is 0.191 e. The standard InChI is InChI=1S/C19H32N4.HI/c1-4-20-19(22-18-11-6-7-12-18)21-14-16-9-8-10-17(13-16)15-23(3)5-2;/h8-10,13,18H,4-7,11-12,14-15H2,1-3H3,(H2,20,21,22);1H. The van der Waals surface area contributed by atoms with Crippen LogP contribution >= 0.6 is 24.0 Å². The first-order valence-corrected chi connectivity index (χ1v) is 9.02. The Morgan fingerprint density at radius 3 is 2.58 bits per heavy atom. The number of nitrogens with zero attached hydrogens (tertiary/aromatic N) is 2. The van der Waals surface area contributed by atoms with Crippen LogP contribution < -0.4 is 10.6 Å². The number of nitrogens with one attached hydrogen (secondary N) is 2. The minimum absolute atomic E-state index is 0. The molecule has 0 heterocycles. The molecule has 24 heavy (non-hydrogen) atoms. The minimum atomic E-state index is 0. The number of guanidine groups is 1. The van der Waals surface area contributed by atoms with Gasteiger partial charge in [0.15, 0.2) is 5.96 Å². The van der Waals surface area contributed by atoms with Gasteiger partial charge in [-0.05, 0) is 44.5 Å². The molecular formula is C19H33IN4. The molecule has 0 bridgehead atoms. The largest absolute Gasteiger partial charge is 0.357 e. The molecule has 2 rings (SSSR count). The molecule has 0 amide bonds. The molecule has 2 N–H and O–H groups in total. The van der Waals surface area contributed by atoms with Crippen molar-refractivity contribution in [2.45, 2.75) is 58.7 Å². The van der Waals surface area contributed by atoms with E-state index in [9.17, 15) is 0 Å². The molecule has 1 aromatic carbocycles. The van der Waals surface area contributed by atoms with Crippen molar-refractivity contribution >= 4 is 29.9 Å². The van der Waals surface area contributed by atoms with Crippen molar-refractivity contribution in [2.75, 3.05) is 20.1 Å². The lowest BCUT2D eigenvalue weighted by molar-refractivity contribution is 0.345. The Kier molecular flexibility index (Phi) is 10.3. The van der Waals surface area contributed by atoms with Crippen LogP contribution in [0.1, 0.15) is 50.7 Å². The van der Waals surface area contributed by atoms with Crippen molar-refractivity contribution < 1.29 is 0 Å². The van der Waals surface area contributed by atoms with Crippen molar-refractivity contribution in [3.63, 3.8) is 0 Å². The van der Waals surface area contributed by atoms with E-state index < -0.39 is 0 Å². The number of benzene rings is 1. The molecule has 1 aliphatic carbocycles. The van der Waals surface area contributed by atoms with Crippen molar-refractivity contribution in [3.05, 3.63) is 35.4 Å². The van der Waals surface area contributed by atoms with Gasteiger partial charge >= 0.3 is 0 Å². The van der Waals surface area contributed by atoms with E-state index in [0.717, 1.165) is 32.1 Å². The van der Waals surface area contributed by atoms with Crippen LogP contribution in [0.15, 0.2) is 29.3 Å². The van der Waals surface area contributed by atoms with Gasteiger partial charge in [-0.15, -0.1) is 24.0 Å². The summed E-state index contributed by atoms with van der Waals surface area (Å²) in [5.74, 6) is 0.954. The smallest absolute Gasteiger partial charge is 0.191 e. The van der Waals surface area contributed by atoms with Crippen LogP contribution in [0.3, 0.4) is 0 Å². The second-order valence-corrected chi connectivity index (χ2v) is 6.47. The number of rotatable bonds is 7. The third-order valence-electron chi connectivity index (χ3n) is 4.44. The number of hydrogen-bond donors (Lipinski definition) is 2. The summed E-state index contributed by atoms with van der Waals surface area (Å²) in [6, 6.07) is 9.37. The maximum atomic E-state index is 4.77. The summed E-state index contributed by atoms with van der Waals surface area (Å²) in [6.45, 7) is 8.00. The maximum absolute atomic E-state index is 4.77. The highest BCUT2D eigenvalue weighted by molar-refractivity contribution is 14.0. The molecule has 4 nitrogen and oxygen atoms in total. The monoisotopic (exact) mass is 444 g/mol. The van der Waals surface area contributed by atoms with Crippen LogP contribution in [0, 0.1) is 0 Å². The van der Waals surface area contributed by atoms with Gasteiger partial charge in [0.2, 0.25) is 0 Å². The molecule has 1 aliphatic rings. The average molecular weight is 444 g/mol. The topological polar surface area (TPSA) is 39.7 Å². The van der Waals surface area contributed by atoms with Crippen LogP contribution in [-0.2, 0) is 13.1 Å². The molecule has 0 spiro atoms. The molecular weight excluding hydrogens is 411 g/mol. The van der Waals surface area contributed by atoms with Gasteiger partial charge in [-0.25, -0.2) is 4.99 Å². The predicted octanol–water partition coefficient (Wildman–Crippen LogP) is 3.75. The zero-order valence-electron chi connectivity index (χ0n) is 15.3. The third-order valence-corrected chi connectivity index (χ3v) is 4.44. The second kappa shape index (κ2) is 11.7. The van der Waals surface area contributed by atoms with Gasteiger partial charge in [0, 0.05) is 19.1 Å². The third kappa shape index (κ3) is 7.38. The lowest BCUT2D eigenvalue weighted by Gasteiger charge is -2.17. The fraction of sp³-hybridized carbons (Fsp3) is 0.632. The summed E-state index contributed by atoms with van der Waals surface area (Å²) in [6.07, 6.45) is 5.21. The van der Waals surface area contributed by atoms with Crippen LogP contribution in [-0.4, -0.2) is 37.0 Å². The Labute approximate surface area is 164 Å². The summed E-state index contributed by atoms with van der Waals surface area (Å²) >= 11 is 0. The summed E-state index contributed by atoms with van der Waals surface area (Å²) < 4.78 is 0. The zero-order valence-corrected chi connectivity index (χ0v) is 17.7. The molecule has 136 valence electrons. The Morgan fingerprint density at radius 1 is 1.21 bits per heavy atom. The van der Waals surface area contributed by atoms with Crippen molar-refractivity contribution in [1.82, 2.24) is 15.5 Å². The fourth-order valence-electron chi connectivity index (χ4n) is 3.00. The van der Waals surface area contributed by atoms with E-state index in [1.807, 2.05) is 0 Å². The van der Waals surface area contributed by atoms with E-state index in [2.05, 4.69) is 60.7 Å². The molecule has 1 saturated carbocycles. The summed E-state index contributed by atoms with van der Waals surface area (Å²) in [7, 11) is 2.15. The van der Waals surface area contributed by atoms with E-state index >= 15 is 0 Å². The summed E-state index contributed by atoms with van der Waals surface area (Å²) in [5.41, 5.74) is 2.63. The van der Waals surface area contributed by atoms with Gasteiger partial charge in [-0.1, -0.05) is 44.0 Å². The lowest BCUT2D eigenvalue weighted by atomic mass is 10.1. The summed E-state index contributed by atoms with van der Waals surface area (Å²) in [5, 5.41) is 6.94. The van der Waals surface area contributed by atoms with Gasteiger partial charge < -0.3 is 15.5 Å². The molecule has 0 aromatic heterocycles. The first-order chi connectivity index (χ1) is 11.2. The predicted molar refractivity (Wildman–Crippen MR) is 114 cm³/mol. The highest BCUT2D eigenvalue weighted by Gasteiger charge is 2.15. The molecule has 0 unspecified atom stereocenters. The first-order valence-electron chi connectivity index (χ1n) is 9.02. The van der Waals surface area contributed by atoms with Crippen LogP contribution in [0.5, 0.6) is 0 Å². The molecule has 1 aromatic rings. The second-order valence-electron chi connectivity index (χ2n) is 6.47. The Hall–Kier alpha value is -0.820. The zero-order chi connectivity index (χ0) is 16.5. The molecule has 0 atom stereocenters. The Balaban J connectivity index is 0.00000288.